The molecule has 0 bridgehead atoms. The van der Waals surface area contributed by atoms with Crippen LogP contribution in [-0.4, -0.2) is 14.1 Å². The van der Waals surface area contributed by atoms with E-state index in [1.54, 1.807) is 0 Å². The minimum Gasteiger partial charge on any atom is -0.308 e. The van der Waals surface area contributed by atoms with Gasteiger partial charge >= 0.3 is 0 Å². The van der Waals surface area contributed by atoms with Crippen molar-refractivity contribution in [1.82, 2.24) is 14.1 Å². The van der Waals surface area contributed by atoms with E-state index in [1.807, 2.05) is 0 Å². The first-order valence-electron chi connectivity index (χ1n) is 16.5. The zero-order valence-corrected chi connectivity index (χ0v) is 25.9. The molecule has 0 N–H and O–H groups in total. The molecule has 3 aromatic heterocycles. The SMILES string of the molecule is c1ccc(-c2cc(-n3c4ccccc4c4cc5c(cc43)-c3ccccc3-n3c4ccccc4c4cccc-5c43)nc3ccccc23)cc1. The van der Waals surface area contributed by atoms with Crippen molar-refractivity contribution < 1.29 is 0 Å². The number of para-hydroxylation sites is 5. The number of fused-ring (bicyclic) bond motifs is 12. The van der Waals surface area contributed by atoms with E-state index in [0.717, 1.165) is 27.8 Å². The Hall–Kier alpha value is -6.45. The molecule has 7 aromatic carbocycles. The van der Waals surface area contributed by atoms with E-state index >= 15 is 0 Å². The first-order valence-corrected chi connectivity index (χ1v) is 16.5. The van der Waals surface area contributed by atoms with Crippen LogP contribution in [0.4, 0.5) is 0 Å². The lowest BCUT2D eigenvalue weighted by molar-refractivity contribution is 1.10. The predicted molar refractivity (Wildman–Crippen MR) is 200 cm³/mol. The first kappa shape index (κ1) is 25.7. The van der Waals surface area contributed by atoms with Gasteiger partial charge in [0, 0.05) is 38.1 Å². The van der Waals surface area contributed by atoms with Crippen molar-refractivity contribution in [3.8, 4) is 44.9 Å². The maximum Gasteiger partial charge on any atom is 0.138 e. The fourth-order valence-corrected chi connectivity index (χ4v) is 8.22. The molecular weight excluding hydrogens is 583 g/mol. The van der Waals surface area contributed by atoms with Crippen molar-refractivity contribution in [1.29, 1.82) is 0 Å². The Morgan fingerprint density at radius 1 is 0.354 bits per heavy atom. The van der Waals surface area contributed by atoms with Crippen LogP contribution in [0.25, 0.3) is 99.4 Å². The molecule has 0 saturated heterocycles. The number of aromatic nitrogens is 3. The third-order valence-corrected chi connectivity index (χ3v) is 10.2. The van der Waals surface area contributed by atoms with E-state index in [1.165, 1.54) is 71.6 Å². The molecular formula is C45H27N3. The topological polar surface area (TPSA) is 22.8 Å². The second-order valence-electron chi connectivity index (χ2n) is 12.8. The Morgan fingerprint density at radius 3 is 1.83 bits per heavy atom. The highest BCUT2D eigenvalue weighted by Crippen LogP contribution is 2.49. The summed E-state index contributed by atoms with van der Waals surface area (Å²) < 4.78 is 4.84. The smallest absolute Gasteiger partial charge is 0.138 e. The normalized spacial score (nSPS) is 12.2. The van der Waals surface area contributed by atoms with E-state index in [-0.39, 0.29) is 0 Å². The molecule has 1 aliphatic heterocycles. The number of nitrogens with zero attached hydrogens (tertiary/aromatic N) is 3. The van der Waals surface area contributed by atoms with Crippen molar-refractivity contribution in [2.45, 2.75) is 0 Å². The van der Waals surface area contributed by atoms with Crippen LogP contribution >= 0.6 is 0 Å². The van der Waals surface area contributed by atoms with E-state index in [2.05, 4.69) is 173 Å². The summed E-state index contributed by atoms with van der Waals surface area (Å²) in [6, 6.07) is 59.5. The molecule has 3 heteroatoms. The molecule has 0 atom stereocenters. The third-order valence-electron chi connectivity index (χ3n) is 10.2. The standard InChI is InChI=1S/C45H27N3/c1-2-13-28(14-3-1)35-27-44(46-39-21-8-4-15-29(35)39)47-40-22-9-7-18-32(40)38-25-36-34-20-12-19-33-30-16-5-10-23-41(30)48(45(33)34)42-24-11-6-17-31(42)37(36)26-43(38)47/h1-27H. The lowest BCUT2D eigenvalue weighted by Gasteiger charge is -2.15. The van der Waals surface area contributed by atoms with Gasteiger partial charge in [-0.15, -0.1) is 0 Å². The summed E-state index contributed by atoms with van der Waals surface area (Å²) in [5, 5.41) is 6.15. The molecule has 222 valence electrons. The van der Waals surface area contributed by atoms with Gasteiger partial charge in [0.1, 0.15) is 5.82 Å². The first-order chi connectivity index (χ1) is 23.8. The Labute approximate surface area is 276 Å². The van der Waals surface area contributed by atoms with E-state index in [0.29, 0.717) is 0 Å². The van der Waals surface area contributed by atoms with Crippen LogP contribution in [0.15, 0.2) is 164 Å². The predicted octanol–water partition coefficient (Wildman–Crippen LogP) is 11.7. The van der Waals surface area contributed by atoms with Gasteiger partial charge in [0.25, 0.3) is 0 Å². The minimum absolute atomic E-state index is 0.917. The van der Waals surface area contributed by atoms with E-state index < -0.39 is 0 Å². The second-order valence-corrected chi connectivity index (χ2v) is 12.8. The van der Waals surface area contributed by atoms with Crippen LogP contribution in [0.1, 0.15) is 0 Å². The van der Waals surface area contributed by atoms with E-state index in [4.69, 9.17) is 4.98 Å². The zero-order valence-electron chi connectivity index (χ0n) is 25.9. The lowest BCUT2D eigenvalue weighted by Crippen LogP contribution is -2.00. The third kappa shape index (κ3) is 3.40. The maximum atomic E-state index is 5.33. The van der Waals surface area contributed by atoms with Crippen molar-refractivity contribution in [3.05, 3.63) is 164 Å². The van der Waals surface area contributed by atoms with Gasteiger partial charge in [-0.1, -0.05) is 121 Å². The van der Waals surface area contributed by atoms with Crippen LogP contribution in [-0.2, 0) is 0 Å². The quantitative estimate of drug-likeness (QED) is 0.191. The van der Waals surface area contributed by atoms with Crippen LogP contribution in [0.5, 0.6) is 0 Å². The molecule has 3 nitrogen and oxygen atoms in total. The van der Waals surface area contributed by atoms with Crippen LogP contribution in [0.3, 0.4) is 0 Å². The fraction of sp³-hybridized carbons (Fsp3) is 0. The summed E-state index contributed by atoms with van der Waals surface area (Å²) in [5.74, 6) is 0.917. The van der Waals surface area contributed by atoms with Gasteiger partial charge in [-0.05, 0) is 64.7 Å². The van der Waals surface area contributed by atoms with Gasteiger partial charge in [-0.25, -0.2) is 4.98 Å². The largest absolute Gasteiger partial charge is 0.308 e. The molecule has 48 heavy (non-hydrogen) atoms. The molecule has 4 heterocycles. The van der Waals surface area contributed by atoms with Crippen molar-refractivity contribution in [3.63, 3.8) is 0 Å². The number of benzene rings is 7. The average Bonchev–Trinajstić information content (AvgIpc) is 3.63. The van der Waals surface area contributed by atoms with Gasteiger partial charge < -0.3 is 4.57 Å². The van der Waals surface area contributed by atoms with Crippen LogP contribution < -0.4 is 0 Å². The number of hydrogen-bond acceptors (Lipinski definition) is 1. The van der Waals surface area contributed by atoms with Gasteiger partial charge in [0.2, 0.25) is 0 Å². The highest BCUT2D eigenvalue weighted by molar-refractivity contribution is 6.19. The Morgan fingerprint density at radius 2 is 0.979 bits per heavy atom. The molecule has 0 amide bonds. The van der Waals surface area contributed by atoms with Gasteiger partial charge in [0.05, 0.1) is 33.3 Å². The van der Waals surface area contributed by atoms with Crippen molar-refractivity contribution in [2.75, 3.05) is 0 Å². The number of hydrogen-bond donors (Lipinski definition) is 0. The second kappa shape index (κ2) is 9.54. The summed E-state index contributed by atoms with van der Waals surface area (Å²) in [5.41, 5.74) is 14.3. The Balaban J connectivity index is 1.29. The molecule has 0 spiro atoms. The van der Waals surface area contributed by atoms with Crippen LogP contribution in [0.2, 0.25) is 0 Å². The highest BCUT2D eigenvalue weighted by Gasteiger charge is 2.26. The average molecular weight is 610 g/mol. The molecule has 10 aromatic rings. The van der Waals surface area contributed by atoms with Crippen molar-refractivity contribution >= 4 is 54.5 Å². The molecule has 11 rings (SSSR count). The van der Waals surface area contributed by atoms with Crippen molar-refractivity contribution in [2.24, 2.45) is 0 Å². The molecule has 0 radical (unpaired) electrons. The highest BCUT2D eigenvalue weighted by atomic mass is 15.1. The summed E-state index contributed by atoms with van der Waals surface area (Å²) >= 11 is 0. The summed E-state index contributed by atoms with van der Waals surface area (Å²) in [6.45, 7) is 0. The number of rotatable bonds is 2. The van der Waals surface area contributed by atoms with Gasteiger partial charge in [0.15, 0.2) is 0 Å². The summed E-state index contributed by atoms with van der Waals surface area (Å²) in [4.78, 5) is 5.33. The Kier molecular flexibility index (Phi) is 5.11. The maximum absolute atomic E-state index is 5.33. The Bertz CT molecular complexity index is 2940. The summed E-state index contributed by atoms with van der Waals surface area (Å²) in [7, 11) is 0. The lowest BCUT2D eigenvalue weighted by atomic mass is 9.92. The molecule has 0 saturated carbocycles. The zero-order chi connectivity index (χ0) is 31.3. The minimum atomic E-state index is 0.917. The number of pyridine rings is 1. The van der Waals surface area contributed by atoms with Gasteiger partial charge in [-0.2, -0.15) is 0 Å². The molecule has 1 aliphatic rings. The fourth-order valence-electron chi connectivity index (χ4n) is 8.22. The molecule has 0 fully saturated rings. The van der Waals surface area contributed by atoms with Gasteiger partial charge in [-0.3, -0.25) is 4.57 Å². The van der Waals surface area contributed by atoms with E-state index in [9.17, 15) is 0 Å². The molecule has 0 aliphatic carbocycles. The summed E-state index contributed by atoms with van der Waals surface area (Å²) in [6.07, 6.45) is 0. The monoisotopic (exact) mass is 609 g/mol. The van der Waals surface area contributed by atoms with Crippen LogP contribution in [0, 0.1) is 0 Å². The molecule has 0 unspecified atom stereocenters.